The summed E-state index contributed by atoms with van der Waals surface area (Å²) in [6.45, 7) is 2.82. The Morgan fingerprint density at radius 2 is 1.84 bits per heavy atom. The third-order valence-electron chi connectivity index (χ3n) is 5.10. The third-order valence-corrected chi connectivity index (χ3v) is 5.10. The van der Waals surface area contributed by atoms with E-state index in [0.29, 0.717) is 24.4 Å². The molecule has 1 unspecified atom stereocenters. The summed E-state index contributed by atoms with van der Waals surface area (Å²) in [5.41, 5.74) is 2.79. The molecule has 1 aliphatic rings. The summed E-state index contributed by atoms with van der Waals surface area (Å²) >= 11 is 0. The van der Waals surface area contributed by atoms with Gasteiger partial charge in [0.25, 0.3) is 5.91 Å². The maximum Gasteiger partial charge on any atom is 0.259 e. The van der Waals surface area contributed by atoms with E-state index in [1.54, 1.807) is 28.0 Å². The molecule has 0 aliphatic carbocycles. The van der Waals surface area contributed by atoms with Crippen LogP contribution < -0.4 is 14.8 Å². The van der Waals surface area contributed by atoms with Crippen LogP contribution in [0.3, 0.4) is 0 Å². The van der Waals surface area contributed by atoms with E-state index in [-0.39, 0.29) is 12.0 Å². The fourth-order valence-corrected chi connectivity index (χ4v) is 3.55. The Morgan fingerprint density at radius 3 is 2.68 bits per heavy atom. The number of hydrogen-bond donors (Lipinski definition) is 1. The van der Waals surface area contributed by atoms with Gasteiger partial charge in [0.2, 0.25) is 0 Å². The predicted octanol–water partition coefficient (Wildman–Crippen LogP) is 3.47. The molecule has 0 bridgehead atoms. The highest BCUT2D eigenvalue weighted by atomic mass is 16.6. The number of rotatable bonds is 5. The van der Waals surface area contributed by atoms with Crippen molar-refractivity contribution in [2.24, 2.45) is 0 Å². The van der Waals surface area contributed by atoms with E-state index >= 15 is 0 Å². The third kappa shape index (κ3) is 3.87. The smallest absolute Gasteiger partial charge is 0.259 e. The van der Waals surface area contributed by atoms with E-state index in [9.17, 15) is 4.79 Å². The Bertz CT molecular complexity index is 1210. The van der Waals surface area contributed by atoms with Crippen LogP contribution in [0.15, 0.2) is 73.2 Å². The van der Waals surface area contributed by atoms with E-state index in [1.165, 1.54) is 0 Å². The van der Waals surface area contributed by atoms with Crippen LogP contribution >= 0.6 is 0 Å². The van der Waals surface area contributed by atoms with Crippen LogP contribution in [0.4, 0.5) is 5.69 Å². The number of nitrogens with one attached hydrogen (secondary N) is 1. The minimum atomic E-state index is -0.231. The standard InChI is InChI=1S/C23H21N5O3/c1-16-20(12-25-28(16)18-7-3-2-4-8-18)23(29)26-17-11-24-27(13-17)14-19-15-30-21-9-5-6-10-22(21)31-19/h2-13,19H,14-15H2,1H3,(H,26,29). The maximum atomic E-state index is 12.8. The number of fused-ring (bicyclic) bond motifs is 1. The van der Waals surface area contributed by atoms with Gasteiger partial charge >= 0.3 is 0 Å². The number of benzene rings is 2. The minimum absolute atomic E-state index is 0.162. The lowest BCUT2D eigenvalue weighted by atomic mass is 10.2. The van der Waals surface area contributed by atoms with Gasteiger partial charge in [-0.2, -0.15) is 10.2 Å². The molecule has 0 saturated carbocycles. The van der Waals surface area contributed by atoms with Crippen LogP contribution in [0.25, 0.3) is 5.69 Å². The number of carbonyl (C=O) groups is 1. The molecule has 1 amide bonds. The predicted molar refractivity (Wildman–Crippen MR) is 115 cm³/mol. The van der Waals surface area contributed by atoms with Gasteiger partial charge in [0.15, 0.2) is 17.6 Å². The molecule has 2 aromatic heterocycles. The Hall–Kier alpha value is -4.07. The summed E-state index contributed by atoms with van der Waals surface area (Å²) in [7, 11) is 0. The van der Waals surface area contributed by atoms with Crippen molar-refractivity contribution < 1.29 is 14.3 Å². The monoisotopic (exact) mass is 415 g/mol. The molecule has 0 saturated heterocycles. The molecule has 0 spiro atoms. The number of nitrogens with zero attached hydrogens (tertiary/aromatic N) is 4. The fraction of sp³-hybridized carbons (Fsp3) is 0.174. The van der Waals surface area contributed by atoms with E-state index < -0.39 is 0 Å². The van der Waals surface area contributed by atoms with Crippen molar-refractivity contribution in [2.75, 3.05) is 11.9 Å². The Balaban J connectivity index is 1.24. The van der Waals surface area contributed by atoms with Gasteiger partial charge in [0, 0.05) is 6.20 Å². The summed E-state index contributed by atoms with van der Waals surface area (Å²) < 4.78 is 15.2. The molecule has 2 aromatic carbocycles. The second-order valence-corrected chi connectivity index (χ2v) is 7.29. The molecule has 3 heterocycles. The highest BCUT2D eigenvalue weighted by Gasteiger charge is 2.22. The average molecular weight is 415 g/mol. The van der Waals surface area contributed by atoms with E-state index in [2.05, 4.69) is 15.5 Å². The molecule has 8 nitrogen and oxygen atoms in total. The number of amides is 1. The number of ether oxygens (including phenoxy) is 2. The van der Waals surface area contributed by atoms with Gasteiger partial charge in [-0.1, -0.05) is 30.3 Å². The maximum absolute atomic E-state index is 12.8. The first-order valence-corrected chi connectivity index (χ1v) is 10.00. The zero-order valence-corrected chi connectivity index (χ0v) is 16.9. The Morgan fingerprint density at radius 1 is 1.06 bits per heavy atom. The number of aromatic nitrogens is 4. The summed E-state index contributed by atoms with van der Waals surface area (Å²) in [5, 5.41) is 11.6. The van der Waals surface area contributed by atoms with Crippen molar-refractivity contribution in [2.45, 2.75) is 19.6 Å². The molecule has 1 atom stereocenters. The van der Waals surface area contributed by atoms with Gasteiger partial charge in [-0.25, -0.2) is 4.68 Å². The zero-order chi connectivity index (χ0) is 21.2. The topological polar surface area (TPSA) is 83.2 Å². The fourth-order valence-electron chi connectivity index (χ4n) is 3.55. The molecule has 8 heteroatoms. The number of anilines is 1. The highest BCUT2D eigenvalue weighted by Crippen LogP contribution is 2.31. The van der Waals surface area contributed by atoms with E-state index in [1.807, 2.05) is 61.5 Å². The SMILES string of the molecule is Cc1c(C(=O)Nc2cnn(CC3COc4ccccc4O3)c2)cnn1-c1ccccc1. The quantitative estimate of drug-likeness (QED) is 0.540. The van der Waals surface area contributed by atoms with Gasteiger partial charge in [-0.15, -0.1) is 0 Å². The molecular formula is C23H21N5O3. The van der Waals surface area contributed by atoms with Crippen molar-refractivity contribution >= 4 is 11.6 Å². The molecule has 1 N–H and O–H groups in total. The largest absolute Gasteiger partial charge is 0.486 e. The molecule has 156 valence electrons. The summed E-state index contributed by atoms with van der Waals surface area (Å²) in [6, 6.07) is 17.3. The van der Waals surface area contributed by atoms with Crippen molar-refractivity contribution in [3.63, 3.8) is 0 Å². The Labute approximate surface area is 179 Å². The lowest BCUT2D eigenvalue weighted by Gasteiger charge is -2.26. The average Bonchev–Trinajstić information content (AvgIpc) is 3.40. The van der Waals surface area contributed by atoms with Crippen molar-refractivity contribution in [1.29, 1.82) is 0 Å². The minimum Gasteiger partial charge on any atom is -0.486 e. The molecule has 31 heavy (non-hydrogen) atoms. The molecule has 4 aromatic rings. The van der Waals surface area contributed by atoms with Crippen LogP contribution in [0, 0.1) is 6.92 Å². The van der Waals surface area contributed by atoms with Crippen LogP contribution in [0.5, 0.6) is 11.5 Å². The molecular weight excluding hydrogens is 394 g/mol. The first-order valence-electron chi connectivity index (χ1n) is 10.00. The summed E-state index contributed by atoms with van der Waals surface area (Å²) in [6.07, 6.45) is 4.81. The summed E-state index contributed by atoms with van der Waals surface area (Å²) in [5.74, 6) is 1.24. The second kappa shape index (κ2) is 7.98. The normalized spacial score (nSPS) is 14.9. The summed E-state index contributed by atoms with van der Waals surface area (Å²) in [4.78, 5) is 12.8. The van der Waals surface area contributed by atoms with Gasteiger partial charge in [-0.3, -0.25) is 9.48 Å². The second-order valence-electron chi connectivity index (χ2n) is 7.29. The lowest BCUT2D eigenvalue weighted by molar-refractivity contribution is 0.0759. The number of para-hydroxylation sites is 3. The van der Waals surface area contributed by atoms with Crippen LogP contribution in [-0.2, 0) is 6.54 Å². The molecule has 0 radical (unpaired) electrons. The lowest BCUT2D eigenvalue weighted by Crippen LogP contribution is -2.33. The van der Waals surface area contributed by atoms with Gasteiger partial charge < -0.3 is 14.8 Å². The number of carbonyl (C=O) groups excluding carboxylic acids is 1. The molecule has 5 rings (SSSR count). The van der Waals surface area contributed by atoms with Crippen molar-refractivity contribution in [3.05, 3.63) is 84.4 Å². The van der Waals surface area contributed by atoms with Gasteiger partial charge in [0.05, 0.1) is 41.6 Å². The van der Waals surface area contributed by atoms with Crippen LogP contribution in [0.1, 0.15) is 16.1 Å². The van der Waals surface area contributed by atoms with Crippen LogP contribution in [0.2, 0.25) is 0 Å². The molecule has 1 aliphatic heterocycles. The van der Waals surface area contributed by atoms with Gasteiger partial charge in [0.1, 0.15) is 6.61 Å². The number of hydrogen-bond acceptors (Lipinski definition) is 5. The van der Waals surface area contributed by atoms with E-state index in [4.69, 9.17) is 9.47 Å². The van der Waals surface area contributed by atoms with Crippen molar-refractivity contribution in [3.8, 4) is 17.2 Å². The van der Waals surface area contributed by atoms with Gasteiger partial charge in [-0.05, 0) is 31.2 Å². The van der Waals surface area contributed by atoms with Crippen LogP contribution in [-0.4, -0.2) is 38.2 Å². The van der Waals surface area contributed by atoms with E-state index in [0.717, 1.165) is 22.9 Å². The highest BCUT2D eigenvalue weighted by molar-refractivity contribution is 6.04. The Kier molecular flexibility index (Phi) is 4.87. The first kappa shape index (κ1) is 18.9. The van der Waals surface area contributed by atoms with Crippen molar-refractivity contribution in [1.82, 2.24) is 19.6 Å². The zero-order valence-electron chi connectivity index (χ0n) is 16.9. The first-order chi connectivity index (χ1) is 15.2. The molecule has 0 fully saturated rings.